The highest BCUT2D eigenvalue weighted by atomic mass is 19.4. The van der Waals surface area contributed by atoms with Crippen molar-refractivity contribution in [2.24, 2.45) is 0 Å². The van der Waals surface area contributed by atoms with E-state index in [-0.39, 0.29) is 24.1 Å². The molecule has 8 heteroatoms. The SMILES string of the molecule is CCc1cccc2c(C(CC(=O)N3CCN(c4cccc(C(F)(F)F)c4)CC3)c3cccc(F)c3)c[nH]c12. The van der Waals surface area contributed by atoms with Crippen LogP contribution in [0.5, 0.6) is 0 Å². The lowest BCUT2D eigenvalue weighted by molar-refractivity contribution is -0.137. The summed E-state index contributed by atoms with van der Waals surface area (Å²) in [6.45, 7) is 3.76. The molecule has 0 saturated carbocycles. The van der Waals surface area contributed by atoms with Crippen LogP contribution in [0, 0.1) is 5.82 Å². The quantitative estimate of drug-likeness (QED) is 0.284. The van der Waals surface area contributed by atoms with Crippen molar-refractivity contribution in [3.63, 3.8) is 0 Å². The lowest BCUT2D eigenvalue weighted by Gasteiger charge is -2.37. The zero-order chi connectivity index (χ0) is 26.9. The molecule has 1 atom stereocenters. The molecule has 1 N–H and O–H groups in total. The van der Waals surface area contributed by atoms with E-state index in [0.29, 0.717) is 31.9 Å². The standard InChI is InChI=1S/C30H29F4N3O/c1-2-20-6-4-11-25-27(19-35-29(20)25)26(21-7-3-9-23(31)16-21)18-28(38)37-14-12-36(13-15-37)24-10-5-8-22(17-24)30(32,33)34/h3-11,16-17,19,26,35H,2,12-15,18H2,1H3. The largest absolute Gasteiger partial charge is 0.416 e. The predicted molar refractivity (Wildman–Crippen MR) is 141 cm³/mol. The Bertz CT molecular complexity index is 1440. The number of anilines is 1. The number of rotatable bonds is 6. The summed E-state index contributed by atoms with van der Waals surface area (Å²) < 4.78 is 53.7. The van der Waals surface area contributed by atoms with Crippen LogP contribution in [0.1, 0.15) is 41.5 Å². The summed E-state index contributed by atoms with van der Waals surface area (Å²) in [4.78, 5) is 20.5. The second kappa shape index (κ2) is 10.5. The number of benzene rings is 3. The lowest BCUT2D eigenvalue weighted by Crippen LogP contribution is -2.49. The first-order chi connectivity index (χ1) is 18.2. The van der Waals surface area contributed by atoms with Crippen molar-refractivity contribution in [2.75, 3.05) is 31.1 Å². The van der Waals surface area contributed by atoms with Gasteiger partial charge in [0.2, 0.25) is 5.91 Å². The first kappa shape index (κ1) is 25.8. The number of amides is 1. The first-order valence-corrected chi connectivity index (χ1v) is 12.8. The van der Waals surface area contributed by atoms with E-state index in [0.717, 1.165) is 40.6 Å². The van der Waals surface area contributed by atoms with Crippen LogP contribution in [0.2, 0.25) is 0 Å². The maximum Gasteiger partial charge on any atom is 0.416 e. The molecule has 0 spiro atoms. The third-order valence-corrected chi connectivity index (χ3v) is 7.39. The minimum atomic E-state index is -4.40. The number of H-pyrrole nitrogens is 1. The minimum absolute atomic E-state index is 0.0658. The number of aromatic nitrogens is 1. The summed E-state index contributed by atoms with van der Waals surface area (Å²) in [7, 11) is 0. The van der Waals surface area contributed by atoms with E-state index in [1.807, 2.05) is 29.3 Å². The van der Waals surface area contributed by atoms with Crippen molar-refractivity contribution in [1.29, 1.82) is 0 Å². The molecule has 1 unspecified atom stereocenters. The Hall–Kier alpha value is -3.81. The molecule has 1 saturated heterocycles. The highest BCUT2D eigenvalue weighted by molar-refractivity contribution is 5.88. The lowest BCUT2D eigenvalue weighted by atomic mass is 9.87. The van der Waals surface area contributed by atoms with Crippen LogP contribution in [0.15, 0.2) is 72.9 Å². The molecule has 4 aromatic rings. The van der Waals surface area contributed by atoms with Gasteiger partial charge < -0.3 is 14.8 Å². The third-order valence-electron chi connectivity index (χ3n) is 7.39. The van der Waals surface area contributed by atoms with Crippen molar-refractivity contribution in [1.82, 2.24) is 9.88 Å². The zero-order valence-corrected chi connectivity index (χ0v) is 21.1. The highest BCUT2D eigenvalue weighted by Gasteiger charge is 2.32. The molecule has 198 valence electrons. The van der Waals surface area contributed by atoms with Gasteiger partial charge in [0.1, 0.15) is 5.82 Å². The number of carbonyl (C=O) groups is 1. The Labute approximate surface area is 218 Å². The van der Waals surface area contributed by atoms with E-state index in [1.54, 1.807) is 17.0 Å². The van der Waals surface area contributed by atoms with Gasteiger partial charge in [-0.3, -0.25) is 4.79 Å². The van der Waals surface area contributed by atoms with Crippen LogP contribution in [0.25, 0.3) is 10.9 Å². The molecule has 3 aromatic carbocycles. The second-order valence-corrected chi connectivity index (χ2v) is 9.66. The van der Waals surface area contributed by atoms with E-state index >= 15 is 0 Å². The average molecular weight is 524 g/mol. The normalized spacial score (nSPS) is 15.2. The Balaban J connectivity index is 1.35. The van der Waals surface area contributed by atoms with Gasteiger partial charge in [-0.25, -0.2) is 4.39 Å². The Morgan fingerprint density at radius 3 is 2.42 bits per heavy atom. The Kier molecular flexibility index (Phi) is 7.15. The number of aromatic amines is 1. The van der Waals surface area contributed by atoms with E-state index in [9.17, 15) is 22.4 Å². The van der Waals surface area contributed by atoms with Gasteiger partial charge in [-0.05, 0) is 53.4 Å². The fraction of sp³-hybridized carbons (Fsp3) is 0.300. The molecule has 1 fully saturated rings. The van der Waals surface area contributed by atoms with E-state index < -0.39 is 11.7 Å². The number of halogens is 4. The van der Waals surface area contributed by atoms with Crippen LogP contribution in [-0.4, -0.2) is 42.0 Å². The number of nitrogens with one attached hydrogen (secondary N) is 1. The van der Waals surface area contributed by atoms with Crippen molar-refractivity contribution >= 4 is 22.5 Å². The summed E-state index contributed by atoms with van der Waals surface area (Å²) in [5.74, 6) is -0.770. The Morgan fingerprint density at radius 2 is 1.71 bits per heavy atom. The number of hydrogen-bond acceptors (Lipinski definition) is 2. The molecule has 1 aromatic heterocycles. The molecular weight excluding hydrogens is 494 g/mol. The topological polar surface area (TPSA) is 39.3 Å². The monoisotopic (exact) mass is 523 g/mol. The number of para-hydroxylation sites is 1. The maximum absolute atomic E-state index is 14.2. The molecule has 1 amide bonds. The van der Waals surface area contributed by atoms with Gasteiger partial charge in [-0.15, -0.1) is 0 Å². The van der Waals surface area contributed by atoms with Crippen molar-refractivity contribution in [3.8, 4) is 0 Å². The van der Waals surface area contributed by atoms with Gasteiger partial charge in [0.25, 0.3) is 0 Å². The molecule has 0 bridgehead atoms. The van der Waals surface area contributed by atoms with Crippen molar-refractivity contribution in [3.05, 3.63) is 101 Å². The number of aryl methyl sites for hydroxylation is 1. The van der Waals surface area contributed by atoms with Crippen LogP contribution < -0.4 is 4.90 Å². The highest BCUT2D eigenvalue weighted by Crippen LogP contribution is 2.36. The predicted octanol–water partition coefficient (Wildman–Crippen LogP) is 6.76. The van der Waals surface area contributed by atoms with Crippen molar-refractivity contribution < 1.29 is 22.4 Å². The number of nitrogens with zero attached hydrogens (tertiary/aromatic N) is 2. The Morgan fingerprint density at radius 1 is 0.974 bits per heavy atom. The number of carbonyl (C=O) groups excluding carboxylic acids is 1. The van der Waals surface area contributed by atoms with E-state index in [2.05, 4.69) is 18.0 Å². The second-order valence-electron chi connectivity index (χ2n) is 9.66. The third kappa shape index (κ3) is 5.26. The molecular formula is C30H29F4N3O. The first-order valence-electron chi connectivity index (χ1n) is 12.8. The van der Waals surface area contributed by atoms with Crippen LogP contribution in [-0.2, 0) is 17.4 Å². The number of piperazine rings is 1. The van der Waals surface area contributed by atoms with Gasteiger partial charge in [0.05, 0.1) is 5.56 Å². The summed E-state index contributed by atoms with van der Waals surface area (Å²) in [5.41, 5.74) is 3.67. The van der Waals surface area contributed by atoms with E-state index in [1.165, 1.54) is 23.8 Å². The van der Waals surface area contributed by atoms with Gasteiger partial charge in [0, 0.05) is 61.3 Å². The molecule has 4 nitrogen and oxygen atoms in total. The fourth-order valence-electron chi connectivity index (χ4n) is 5.35. The zero-order valence-electron chi connectivity index (χ0n) is 21.1. The summed E-state index contributed by atoms with van der Waals surface area (Å²) in [6.07, 6.45) is -1.47. The number of hydrogen-bond donors (Lipinski definition) is 1. The molecule has 1 aliphatic heterocycles. The molecule has 2 heterocycles. The molecule has 0 radical (unpaired) electrons. The maximum atomic E-state index is 14.2. The van der Waals surface area contributed by atoms with Gasteiger partial charge in [0.15, 0.2) is 0 Å². The molecule has 38 heavy (non-hydrogen) atoms. The van der Waals surface area contributed by atoms with Gasteiger partial charge in [-0.2, -0.15) is 13.2 Å². The van der Waals surface area contributed by atoms with Crippen molar-refractivity contribution in [2.45, 2.75) is 31.9 Å². The van der Waals surface area contributed by atoms with Gasteiger partial charge in [-0.1, -0.05) is 43.3 Å². The van der Waals surface area contributed by atoms with E-state index in [4.69, 9.17) is 0 Å². The molecule has 5 rings (SSSR count). The van der Waals surface area contributed by atoms with Crippen LogP contribution in [0.4, 0.5) is 23.2 Å². The van der Waals surface area contributed by atoms with Crippen LogP contribution in [0.3, 0.4) is 0 Å². The summed E-state index contributed by atoms with van der Waals surface area (Å²) in [5, 5.41) is 1.01. The molecule has 1 aliphatic rings. The van der Waals surface area contributed by atoms with Crippen LogP contribution >= 0.6 is 0 Å². The minimum Gasteiger partial charge on any atom is -0.368 e. The molecule has 0 aliphatic carbocycles. The van der Waals surface area contributed by atoms with Gasteiger partial charge >= 0.3 is 6.18 Å². The number of fused-ring (bicyclic) bond motifs is 1. The summed E-state index contributed by atoms with van der Waals surface area (Å²) >= 11 is 0. The summed E-state index contributed by atoms with van der Waals surface area (Å²) in [6, 6.07) is 17.7. The average Bonchev–Trinajstić information content (AvgIpc) is 3.35. The fourth-order valence-corrected chi connectivity index (χ4v) is 5.35. The number of alkyl halides is 3. The smallest absolute Gasteiger partial charge is 0.368 e.